The molecule has 1 aromatic heterocycles. The summed E-state index contributed by atoms with van der Waals surface area (Å²) in [5.74, 6) is 0.548. The van der Waals surface area contributed by atoms with Crippen molar-refractivity contribution in [1.82, 2.24) is 4.98 Å². The number of methoxy groups -OCH3 is 1. The monoisotopic (exact) mass is 333 g/mol. The Bertz CT molecular complexity index is 688. The highest BCUT2D eigenvalue weighted by atomic mass is 35.5. The molecule has 0 saturated heterocycles. The molecular weight excluding hydrogens is 314 g/mol. The molecule has 0 N–H and O–H groups in total. The molecule has 0 aliphatic rings. The van der Waals surface area contributed by atoms with Gasteiger partial charge in [-0.3, -0.25) is 4.79 Å². The average molecular weight is 334 g/mol. The van der Waals surface area contributed by atoms with Crippen LogP contribution in [0.15, 0.2) is 36.4 Å². The second kappa shape index (κ2) is 7.97. The van der Waals surface area contributed by atoms with Crippen LogP contribution in [0.4, 0.5) is 0 Å². The lowest BCUT2D eigenvalue weighted by molar-refractivity contribution is -0.145. The van der Waals surface area contributed by atoms with E-state index in [1.807, 2.05) is 44.2 Å². The average Bonchev–Trinajstić information content (AvgIpc) is 2.54. The number of carbonyl (C=O) groups excluding carboxylic acids is 1. The van der Waals surface area contributed by atoms with Crippen molar-refractivity contribution >= 4 is 17.6 Å². The summed E-state index contributed by atoms with van der Waals surface area (Å²) in [6, 6.07) is 11.2. The molecule has 0 aliphatic heterocycles. The van der Waals surface area contributed by atoms with E-state index in [0.29, 0.717) is 11.6 Å². The molecule has 1 aromatic carbocycles. The maximum Gasteiger partial charge on any atom is 0.306 e. The van der Waals surface area contributed by atoms with E-state index >= 15 is 0 Å². The Morgan fingerprint density at radius 2 is 2.00 bits per heavy atom. The second-order valence-electron chi connectivity index (χ2n) is 5.39. The molecule has 1 heterocycles. The minimum absolute atomic E-state index is 0.0167. The number of esters is 1. The lowest BCUT2D eigenvalue weighted by Gasteiger charge is -2.15. The molecule has 0 unspecified atom stereocenters. The first-order valence-electron chi connectivity index (χ1n) is 7.41. The molecule has 0 saturated carbocycles. The van der Waals surface area contributed by atoms with Crippen LogP contribution in [0, 0.1) is 6.92 Å². The first-order chi connectivity index (χ1) is 11.0. The van der Waals surface area contributed by atoms with Crippen LogP contribution < -0.4 is 4.74 Å². The predicted molar refractivity (Wildman–Crippen MR) is 89.8 cm³/mol. The van der Waals surface area contributed by atoms with Crippen LogP contribution in [0.3, 0.4) is 0 Å². The van der Waals surface area contributed by atoms with Gasteiger partial charge in [0.25, 0.3) is 0 Å². The molecule has 0 radical (unpaired) electrons. The van der Waals surface area contributed by atoms with Crippen LogP contribution >= 0.6 is 11.6 Å². The molecule has 0 aliphatic carbocycles. The van der Waals surface area contributed by atoms with Gasteiger partial charge < -0.3 is 9.47 Å². The summed E-state index contributed by atoms with van der Waals surface area (Å²) >= 11 is 5.81. The molecule has 2 rings (SSSR count). The summed E-state index contributed by atoms with van der Waals surface area (Å²) in [5, 5.41) is 0.433. The number of hydrogen-bond acceptors (Lipinski definition) is 4. The van der Waals surface area contributed by atoms with Gasteiger partial charge in [-0.1, -0.05) is 42.8 Å². The number of rotatable bonds is 6. The van der Waals surface area contributed by atoms with Gasteiger partial charge in [0.15, 0.2) is 0 Å². The van der Waals surface area contributed by atoms with E-state index in [9.17, 15) is 4.79 Å². The smallest absolute Gasteiger partial charge is 0.306 e. The number of nitrogens with zero attached hydrogens (tertiary/aromatic N) is 1. The SMILES string of the molecule is COc1ccccc1[C@H](C)CC(=O)OCc1ccc(Cl)nc1C. The van der Waals surface area contributed by atoms with Crippen LogP contribution in [0.1, 0.15) is 36.1 Å². The Labute approximate surface area is 141 Å². The highest BCUT2D eigenvalue weighted by Gasteiger charge is 2.16. The summed E-state index contributed by atoms with van der Waals surface area (Å²) in [5.41, 5.74) is 2.62. The number of pyridine rings is 1. The van der Waals surface area contributed by atoms with E-state index in [2.05, 4.69) is 4.98 Å². The van der Waals surface area contributed by atoms with E-state index < -0.39 is 0 Å². The van der Waals surface area contributed by atoms with Gasteiger partial charge in [-0.25, -0.2) is 4.98 Å². The largest absolute Gasteiger partial charge is 0.496 e. The number of aromatic nitrogens is 1. The third-order valence-corrected chi connectivity index (χ3v) is 3.90. The fourth-order valence-electron chi connectivity index (χ4n) is 2.36. The van der Waals surface area contributed by atoms with E-state index in [-0.39, 0.29) is 18.5 Å². The summed E-state index contributed by atoms with van der Waals surface area (Å²) in [6.45, 7) is 4.02. The van der Waals surface area contributed by atoms with Gasteiger partial charge in [0.05, 0.1) is 13.5 Å². The lowest BCUT2D eigenvalue weighted by atomic mass is 9.97. The van der Waals surface area contributed by atoms with Crippen molar-refractivity contribution in [3.8, 4) is 5.75 Å². The summed E-state index contributed by atoms with van der Waals surface area (Å²) in [4.78, 5) is 16.2. The van der Waals surface area contributed by atoms with Crippen LogP contribution in [0.25, 0.3) is 0 Å². The summed E-state index contributed by atoms with van der Waals surface area (Å²) < 4.78 is 10.7. The second-order valence-corrected chi connectivity index (χ2v) is 5.77. The standard InChI is InChI=1S/C18H20ClNO3/c1-12(15-6-4-5-7-16(15)22-3)10-18(21)23-11-14-8-9-17(19)20-13(14)2/h4-9,12H,10-11H2,1-3H3/t12-/m1/s1. The van der Waals surface area contributed by atoms with Crippen molar-refractivity contribution < 1.29 is 14.3 Å². The topological polar surface area (TPSA) is 48.4 Å². The molecule has 4 nitrogen and oxygen atoms in total. The van der Waals surface area contributed by atoms with Gasteiger partial charge in [-0.15, -0.1) is 0 Å². The van der Waals surface area contributed by atoms with Gasteiger partial charge >= 0.3 is 5.97 Å². The molecular formula is C18H20ClNO3. The van der Waals surface area contributed by atoms with Crippen molar-refractivity contribution in [2.24, 2.45) is 0 Å². The van der Waals surface area contributed by atoms with Crippen LogP contribution in [0.2, 0.25) is 5.15 Å². The Balaban J connectivity index is 1.94. The number of carbonyl (C=O) groups is 1. The van der Waals surface area contributed by atoms with Crippen molar-refractivity contribution in [2.45, 2.75) is 32.8 Å². The van der Waals surface area contributed by atoms with E-state index in [4.69, 9.17) is 21.1 Å². The van der Waals surface area contributed by atoms with Gasteiger partial charge in [0.2, 0.25) is 0 Å². The minimum Gasteiger partial charge on any atom is -0.496 e. The zero-order chi connectivity index (χ0) is 16.8. The Kier molecular flexibility index (Phi) is 5.99. The third-order valence-electron chi connectivity index (χ3n) is 3.69. The molecule has 0 fully saturated rings. The highest BCUT2D eigenvalue weighted by molar-refractivity contribution is 6.29. The zero-order valence-electron chi connectivity index (χ0n) is 13.5. The Morgan fingerprint density at radius 3 is 2.70 bits per heavy atom. The van der Waals surface area contributed by atoms with Gasteiger partial charge in [-0.2, -0.15) is 0 Å². The maximum atomic E-state index is 12.1. The van der Waals surface area contributed by atoms with Crippen LogP contribution in [-0.4, -0.2) is 18.1 Å². The van der Waals surface area contributed by atoms with Crippen LogP contribution in [-0.2, 0) is 16.1 Å². The fourth-order valence-corrected chi connectivity index (χ4v) is 2.55. The minimum atomic E-state index is -0.252. The quantitative estimate of drug-likeness (QED) is 0.584. The normalized spacial score (nSPS) is 11.8. The Hall–Kier alpha value is -2.07. The van der Waals surface area contributed by atoms with E-state index in [1.165, 1.54) is 0 Å². The number of hydrogen-bond donors (Lipinski definition) is 0. The van der Waals surface area contributed by atoms with Crippen molar-refractivity contribution in [2.75, 3.05) is 7.11 Å². The molecule has 0 bridgehead atoms. The number of benzene rings is 1. The molecule has 0 spiro atoms. The molecule has 1 atom stereocenters. The first kappa shape index (κ1) is 17.3. The number of aryl methyl sites for hydroxylation is 1. The Morgan fingerprint density at radius 1 is 1.26 bits per heavy atom. The summed E-state index contributed by atoms with van der Waals surface area (Å²) in [7, 11) is 1.63. The number of ether oxygens (including phenoxy) is 2. The third kappa shape index (κ3) is 4.70. The van der Waals surface area contributed by atoms with Gasteiger partial charge in [0.1, 0.15) is 17.5 Å². The van der Waals surface area contributed by atoms with Crippen molar-refractivity contribution in [1.29, 1.82) is 0 Å². The fraction of sp³-hybridized carbons (Fsp3) is 0.333. The van der Waals surface area contributed by atoms with Gasteiger partial charge in [-0.05, 0) is 30.5 Å². The van der Waals surface area contributed by atoms with Crippen LogP contribution in [0.5, 0.6) is 5.75 Å². The number of para-hydroxylation sites is 1. The van der Waals surface area contributed by atoms with Crippen molar-refractivity contribution in [3.05, 3.63) is 58.4 Å². The van der Waals surface area contributed by atoms with E-state index in [1.54, 1.807) is 13.2 Å². The lowest BCUT2D eigenvalue weighted by Crippen LogP contribution is -2.10. The molecule has 0 amide bonds. The molecule has 122 valence electrons. The summed E-state index contributed by atoms with van der Waals surface area (Å²) in [6.07, 6.45) is 0.292. The molecule has 2 aromatic rings. The first-order valence-corrected chi connectivity index (χ1v) is 7.79. The zero-order valence-corrected chi connectivity index (χ0v) is 14.3. The highest BCUT2D eigenvalue weighted by Crippen LogP contribution is 2.28. The molecule has 5 heteroatoms. The van der Waals surface area contributed by atoms with Crippen molar-refractivity contribution in [3.63, 3.8) is 0 Å². The maximum absolute atomic E-state index is 12.1. The van der Waals surface area contributed by atoms with Gasteiger partial charge in [0, 0.05) is 11.3 Å². The molecule has 23 heavy (non-hydrogen) atoms. The number of halogens is 1. The van der Waals surface area contributed by atoms with E-state index in [0.717, 1.165) is 22.6 Å². The predicted octanol–water partition coefficient (Wildman–Crippen LogP) is 4.29.